The molecule has 1 aromatic rings. The minimum atomic E-state index is -0.553. The summed E-state index contributed by atoms with van der Waals surface area (Å²) in [4.78, 5) is 18.3. The molecule has 1 heterocycles. The van der Waals surface area contributed by atoms with E-state index in [0.29, 0.717) is 19.6 Å². The number of carbonyl (C=O) groups excluding carboxylic acids is 1. The number of rotatable bonds is 9. The van der Waals surface area contributed by atoms with Crippen molar-refractivity contribution in [2.75, 3.05) is 25.0 Å². The molecule has 0 aliphatic carbocycles. The molecular weight excluding hydrogens is 269 g/mol. The van der Waals surface area contributed by atoms with E-state index >= 15 is 0 Å². The average molecular weight is 295 g/mol. The molecular formula is C16H26FN3O. The Kier molecular flexibility index (Phi) is 7.72. The van der Waals surface area contributed by atoms with Crippen LogP contribution in [-0.2, 0) is 0 Å². The van der Waals surface area contributed by atoms with Crippen LogP contribution in [0.15, 0.2) is 12.3 Å². The number of carbonyl (C=O) groups is 1. The van der Waals surface area contributed by atoms with Crippen molar-refractivity contribution < 1.29 is 9.18 Å². The first-order valence-electron chi connectivity index (χ1n) is 7.83. The minimum Gasteiger partial charge on any atom is -0.368 e. The van der Waals surface area contributed by atoms with Crippen LogP contribution in [0.4, 0.5) is 10.2 Å². The Morgan fingerprint density at radius 1 is 1.24 bits per heavy atom. The van der Waals surface area contributed by atoms with E-state index in [9.17, 15) is 9.18 Å². The topological polar surface area (TPSA) is 45.2 Å². The van der Waals surface area contributed by atoms with Crippen LogP contribution in [0.5, 0.6) is 0 Å². The fraction of sp³-hybridized carbons (Fsp3) is 0.625. The smallest absolute Gasteiger partial charge is 0.257 e. The lowest BCUT2D eigenvalue weighted by atomic mass is 10.2. The third kappa shape index (κ3) is 4.99. The van der Waals surface area contributed by atoms with Crippen LogP contribution in [-0.4, -0.2) is 35.4 Å². The van der Waals surface area contributed by atoms with E-state index in [1.807, 2.05) is 6.92 Å². The predicted octanol–water partition coefficient (Wildman–Crippen LogP) is 3.69. The zero-order valence-electron chi connectivity index (χ0n) is 13.3. The van der Waals surface area contributed by atoms with Gasteiger partial charge in [0.2, 0.25) is 0 Å². The first kappa shape index (κ1) is 17.4. The van der Waals surface area contributed by atoms with Crippen molar-refractivity contribution in [3.8, 4) is 0 Å². The Bertz CT molecular complexity index is 443. The molecule has 1 aromatic heterocycles. The Balaban J connectivity index is 2.93. The zero-order chi connectivity index (χ0) is 15.7. The highest BCUT2D eigenvalue weighted by Gasteiger charge is 2.20. The molecule has 21 heavy (non-hydrogen) atoms. The standard InChI is InChI=1S/C16H26FN3O/c1-4-7-11-20(12-8-5-2)16(21)13-9-10-19-15(14(13)17)18-6-3/h9-10H,4-8,11-12H2,1-3H3,(H,18,19). The van der Waals surface area contributed by atoms with Gasteiger partial charge in [-0.3, -0.25) is 4.79 Å². The van der Waals surface area contributed by atoms with Crippen LogP contribution in [0, 0.1) is 5.82 Å². The molecule has 1 rings (SSSR count). The summed E-state index contributed by atoms with van der Waals surface area (Å²) in [5, 5.41) is 2.84. The van der Waals surface area contributed by atoms with Crippen molar-refractivity contribution in [3.63, 3.8) is 0 Å². The lowest BCUT2D eigenvalue weighted by molar-refractivity contribution is 0.0746. The maximum Gasteiger partial charge on any atom is 0.257 e. The number of pyridine rings is 1. The molecule has 0 aliphatic heterocycles. The van der Waals surface area contributed by atoms with Gasteiger partial charge < -0.3 is 10.2 Å². The molecule has 118 valence electrons. The lowest BCUT2D eigenvalue weighted by Gasteiger charge is -2.23. The molecule has 0 saturated heterocycles. The van der Waals surface area contributed by atoms with Crippen molar-refractivity contribution in [1.82, 2.24) is 9.88 Å². The molecule has 0 fully saturated rings. The van der Waals surface area contributed by atoms with Crippen LogP contribution in [0.3, 0.4) is 0 Å². The minimum absolute atomic E-state index is 0.105. The second-order valence-electron chi connectivity index (χ2n) is 5.05. The monoisotopic (exact) mass is 295 g/mol. The number of nitrogens with zero attached hydrogens (tertiary/aromatic N) is 2. The maximum absolute atomic E-state index is 14.3. The highest BCUT2D eigenvalue weighted by Crippen LogP contribution is 2.17. The number of unbranched alkanes of at least 4 members (excludes halogenated alkanes) is 2. The highest BCUT2D eigenvalue weighted by atomic mass is 19.1. The average Bonchev–Trinajstić information content (AvgIpc) is 2.49. The number of hydrogen-bond acceptors (Lipinski definition) is 3. The number of hydrogen-bond donors (Lipinski definition) is 1. The Hall–Kier alpha value is -1.65. The van der Waals surface area contributed by atoms with Crippen LogP contribution in [0.25, 0.3) is 0 Å². The molecule has 1 amide bonds. The molecule has 0 spiro atoms. The number of aromatic nitrogens is 1. The molecule has 0 radical (unpaired) electrons. The molecule has 0 aliphatic rings. The summed E-state index contributed by atoms with van der Waals surface area (Å²) in [6, 6.07) is 1.46. The van der Waals surface area contributed by atoms with E-state index in [2.05, 4.69) is 24.1 Å². The number of anilines is 1. The number of amides is 1. The zero-order valence-corrected chi connectivity index (χ0v) is 13.3. The van der Waals surface area contributed by atoms with Gasteiger partial charge in [-0.05, 0) is 25.8 Å². The van der Waals surface area contributed by atoms with Gasteiger partial charge in [0.25, 0.3) is 5.91 Å². The maximum atomic E-state index is 14.3. The summed E-state index contributed by atoms with van der Waals surface area (Å²) < 4.78 is 14.3. The summed E-state index contributed by atoms with van der Waals surface area (Å²) in [5.74, 6) is -0.646. The fourth-order valence-corrected chi connectivity index (χ4v) is 2.08. The number of halogens is 1. The third-order valence-electron chi connectivity index (χ3n) is 3.31. The van der Waals surface area contributed by atoms with Gasteiger partial charge >= 0.3 is 0 Å². The van der Waals surface area contributed by atoms with Crippen molar-refractivity contribution in [2.24, 2.45) is 0 Å². The van der Waals surface area contributed by atoms with Gasteiger partial charge in [0.1, 0.15) is 0 Å². The van der Waals surface area contributed by atoms with Crippen LogP contribution in [0.1, 0.15) is 56.8 Å². The van der Waals surface area contributed by atoms with Crippen molar-refractivity contribution in [3.05, 3.63) is 23.6 Å². The normalized spacial score (nSPS) is 10.5. The molecule has 4 nitrogen and oxygen atoms in total. The molecule has 1 N–H and O–H groups in total. The van der Waals surface area contributed by atoms with Crippen LogP contribution in [0.2, 0.25) is 0 Å². The van der Waals surface area contributed by atoms with Crippen molar-refractivity contribution in [1.29, 1.82) is 0 Å². The quantitative estimate of drug-likeness (QED) is 0.755. The second kappa shape index (κ2) is 9.32. The molecule has 0 saturated carbocycles. The van der Waals surface area contributed by atoms with E-state index in [-0.39, 0.29) is 17.3 Å². The van der Waals surface area contributed by atoms with Gasteiger partial charge in [0.05, 0.1) is 5.56 Å². The summed E-state index contributed by atoms with van der Waals surface area (Å²) in [5.41, 5.74) is 0.105. The highest BCUT2D eigenvalue weighted by molar-refractivity contribution is 5.95. The summed E-state index contributed by atoms with van der Waals surface area (Å²) in [6.07, 6.45) is 5.37. The van der Waals surface area contributed by atoms with Gasteiger partial charge in [-0.1, -0.05) is 26.7 Å². The van der Waals surface area contributed by atoms with E-state index in [0.717, 1.165) is 25.7 Å². The van der Waals surface area contributed by atoms with Crippen LogP contribution < -0.4 is 5.32 Å². The first-order chi connectivity index (χ1) is 10.2. The van der Waals surface area contributed by atoms with E-state index < -0.39 is 5.82 Å². The first-order valence-corrected chi connectivity index (χ1v) is 7.83. The Morgan fingerprint density at radius 2 is 1.86 bits per heavy atom. The summed E-state index contributed by atoms with van der Waals surface area (Å²) in [6.45, 7) is 7.94. The van der Waals surface area contributed by atoms with Gasteiger partial charge in [-0.15, -0.1) is 0 Å². The van der Waals surface area contributed by atoms with Gasteiger partial charge in [-0.2, -0.15) is 0 Å². The molecule has 0 atom stereocenters. The molecule has 5 heteroatoms. The summed E-state index contributed by atoms with van der Waals surface area (Å²) >= 11 is 0. The van der Waals surface area contributed by atoms with Gasteiger partial charge in [0.15, 0.2) is 11.6 Å². The van der Waals surface area contributed by atoms with E-state index in [1.165, 1.54) is 12.3 Å². The summed E-state index contributed by atoms with van der Waals surface area (Å²) in [7, 11) is 0. The van der Waals surface area contributed by atoms with Crippen molar-refractivity contribution in [2.45, 2.75) is 46.5 Å². The van der Waals surface area contributed by atoms with Crippen LogP contribution >= 0.6 is 0 Å². The largest absolute Gasteiger partial charge is 0.368 e. The predicted molar refractivity (Wildman–Crippen MR) is 84.1 cm³/mol. The second-order valence-corrected chi connectivity index (χ2v) is 5.05. The third-order valence-corrected chi connectivity index (χ3v) is 3.31. The Morgan fingerprint density at radius 3 is 2.38 bits per heavy atom. The molecule has 0 aromatic carbocycles. The fourth-order valence-electron chi connectivity index (χ4n) is 2.08. The Labute approximate surface area is 126 Å². The van der Waals surface area contributed by atoms with E-state index in [1.54, 1.807) is 4.90 Å². The van der Waals surface area contributed by atoms with Gasteiger partial charge in [-0.25, -0.2) is 9.37 Å². The van der Waals surface area contributed by atoms with Crippen molar-refractivity contribution >= 4 is 11.7 Å². The lowest BCUT2D eigenvalue weighted by Crippen LogP contribution is -2.33. The molecule has 0 unspecified atom stereocenters. The molecule has 0 bridgehead atoms. The van der Waals surface area contributed by atoms with E-state index in [4.69, 9.17) is 0 Å². The SMILES string of the molecule is CCCCN(CCCC)C(=O)c1ccnc(NCC)c1F. The van der Waals surface area contributed by atoms with Gasteiger partial charge in [0, 0.05) is 25.8 Å². The number of nitrogens with one attached hydrogen (secondary N) is 1.